The quantitative estimate of drug-likeness (QED) is 0.761. The number of amides is 2. The number of hydrogen-bond donors (Lipinski definition) is 2. The number of benzene rings is 2. The van der Waals surface area contributed by atoms with Gasteiger partial charge in [0.1, 0.15) is 0 Å². The average Bonchev–Trinajstić information content (AvgIpc) is 2.55. The van der Waals surface area contributed by atoms with Crippen molar-refractivity contribution >= 4 is 40.9 Å². The van der Waals surface area contributed by atoms with Gasteiger partial charge in [0, 0.05) is 21.3 Å². The summed E-state index contributed by atoms with van der Waals surface area (Å²) in [6.07, 6.45) is -0.536. The van der Waals surface area contributed by atoms with Gasteiger partial charge in [-0.05, 0) is 55.8 Å². The first-order valence-corrected chi connectivity index (χ1v) is 8.46. The van der Waals surface area contributed by atoms with Crippen LogP contribution in [0.4, 0.5) is 10.5 Å². The highest BCUT2D eigenvalue weighted by molar-refractivity contribution is 6.35. The lowest BCUT2D eigenvalue weighted by atomic mass is 10.1. The molecule has 2 N–H and O–H groups in total. The fourth-order valence-corrected chi connectivity index (χ4v) is 2.77. The molecule has 0 spiro atoms. The zero-order chi connectivity index (χ0) is 18.4. The topological polar surface area (TPSA) is 67.4 Å². The lowest BCUT2D eigenvalue weighted by Crippen LogP contribution is -2.26. The first-order valence-electron chi connectivity index (χ1n) is 7.70. The van der Waals surface area contributed by atoms with Crippen molar-refractivity contribution in [2.45, 2.75) is 19.9 Å². The van der Waals surface area contributed by atoms with Gasteiger partial charge < -0.3 is 10.1 Å². The van der Waals surface area contributed by atoms with E-state index in [1.807, 2.05) is 6.92 Å². The van der Waals surface area contributed by atoms with E-state index in [4.69, 9.17) is 27.9 Å². The van der Waals surface area contributed by atoms with Crippen LogP contribution < -0.4 is 10.6 Å². The van der Waals surface area contributed by atoms with Crippen molar-refractivity contribution in [1.82, 2.24) is 5.32 Å². The standard InChI is InChI=1S/C18H18Cl2N2O3/c1-3-25-18(24)22-14-7-4-12(5-8-14)17(23)21-11(2)15-9-6-13(19)10-16(15)20/h4-11H,3H2,1-2H3,(H,21,23)(H,22,24)/t11-/m1/s1. The third-order valence-electron chi connectivity index (χ3n) is 3.45. The third kappa shape index (κ3) is 5.37. The maximum Gasteiger partial charge on any atom is 0.411 e. The van der Waals surface area contributed by atoms with Crippen LogP contribution in [0, 0.1) is 0 Å². The molecule has 2 rings (SSSR count). The number of carbonyl (C=O) groups is 2. The van der Waals surface area contributed by atoms with E-state index in [9.17, 15) is 9.59 Å². The minimum Gasteiger partial charge on any atom is -0.450 e. The molecule has 0 fully saturated rings. The highest BCUT2D eigenvalue weighted by Gasteiger charge is 2.14. The van der Waals surface area contributed by atoms with Crippen LogP contribution in [0.3, 0.4) is 0 Å². The number of ether oxygens (including phenoxy) is 1. The van der Waals surface area contributed by atoms with Gasteiger partial charge in [0.25, 0.3) is 5.91 Å². The Morgan fingerprint density at radius 3 is 2.40 bits per heavy atom. The average molecular weight is 381 g/mol. The number of carbonyl (C=O) groups excluding carboxylic acids is 2. The van der Waals surface area contributed by atoms with Crippen LogP contribution in [0.1, 0.15) is 35.8 Å². The first-order chi connectivity index (χ1) is 11.9. The maximum atomic E-state index is 12.4. The lowest BCUT2D eigenvalue weighted by Gasteiger charge is -2.16. The molecular weight excluding hydrogens is 363 g/mol. The Bertz CT molecular complexity index is 763. The third-order valence-corrected chi connectivity index (χ3v) is 4.01. The molecular formula is C18H18Cl2N2O3. The summed E-state index contributed by atoms with van der Waals surface area (Å²) >= 11 is 12.0. The molecule has 0 aromatic heterocycles. The van der Waals surface area contributed by atoms with E-state index in [-0.39, 0.29) is 18.6 Å². The summed E-state index contributed by atoms with van der Waals surface area (Å²) in [5, 5.41) is 6.47. The van der Waals surface area contributed by atoms with Gasteiger partial charge in [-0.15, -0.1) is 0 Å². The monoisotopic (exact) mass is 380 g/mol. The molecule has 25 heavy (non-hydrogen) atoms. The molecule has 7 heteroatoms. The summed E-state index contributed by atoms with van der Waals surface area (Å²) < 4.78 is 4.79. The van der Waals surface area contributed by atoms with Crippen molar-refractivity contribution in [2.24, 2.45) is 0 Å². The van der Waals surface area contributed by atoms with Gasteiger partial charge in [-0.1, -0.05) is 29.3 Å². The van der Waals surface area contributed by atoms with Gasteiger partial charge in [-0.25, -0.2) is 4.79 Å². The van der Waals surface area contributed by atoms with Crippen LogP contribution in [-0.4, -0.2) is 18.6 Å². The normalized spacial score (nSPS) is 11.5. The molecule has 2 aromatic carbocycles. The van der Waals surface area contributed by atoms with E-state index in [2.05, 4.69) is 10.6 Å². The van der Waals surface area contributed by atoms with E-state index >= 15 is 0 Å². The molecule has 2 aromatic rings. The fourth-order valence-electron chi connectivity index (χ4n) is 2.20. The summed E-state index contributed by atoms with van der Waals surface area (Å²) in [4.78, 5) is 23.7. The van der Waals surface area contributed by atoms with E-state index < -0.39 is 6.09 Å². The molecule has 0 heterocycles. The zero-order valence-corrected chi connectivity index (χ0v) is 15.3. The lowest BCUT2D eigenvalue weighted by molar-refractivity contribution is 0.0940. The van der Waals surface area contributed by atoms with Gasteiger partial charge in [0.2, 0.25) is 0 Å². The maximum absolute atomic E-state index is 12.4. The number of rotatable bonds is 5. The van der Waals surface area contributed by atoms with Gasteiger partial charge in [-0.3, -0.25) is 10.1 Å². The predicted molar refractivity (Wildman–Crippen MR) is 99.4 cm³/mol. The van der Waals surface area contributed by atoms with Crippen LogP contribution in [0.15, 0.2) is 42.5 Å². The molecule has 132 valence electrons. The number of hydrogen-bond acceptors (Lipinski definition) is 3. The highest BCUT2D eigenvalue weighted by atomic mass is 35.5. The van der Waals surface area contributed by atoms with E-state index in [0.717, 1.165) is 5.56 Å². The van der Waals surface area contributed by atoms with Gasteiger partial charge in [-0.2, -0.15) is 0 Å². The van der Waals surface area contributed by atoms with Crippen molar-refractivity contribution in [3.63, 3.8) is 0 Å². The molecule has 2 amide bonds. The Labute approximate surface area is 156 Å². The van der Waals surface area contributed by atoms with E-state index in [1.54, 1.807) is 49.4 Å². The zero-order valence-electron chi connectivity index (χ0n) is 13.8. The highest BCUT2D eigenvalue weighted by Crippen LogP contribution is 2.26. The predicted octanol–water partition coefficient (Wildman–Crippen LogP) is 5.05. The second kappa shape index (κ2) is 8.74. The van der Waals surface area contributed by atoms with Crippen LogP contribution in [0.5, 0.6) is 0 Å². The first kappa shape index (κ1) is 19.1. The second-order valence-corrected chi connectivity index (χ2v) is 6.13. The molecule has 0 aliphatic carbocycles. The summed E-state index contributed by atoms with van der Waals surface area (Å²) in [6.45, 7) is 3.85. The summed E-state index contributed by atoms with van der Waals surface area (Å²) in [7, 11) is 0. The second-order valence-electron chi connectivity index (χ2n) is 5.28. The minimum absolute atomic E-state index is 0.249. The minimum atomic E-state index is -0.536. The van der Waals surface area contributed by atoms with Crippen molar-refractivity contribution < 1.29 is 14.3 Å². The molecule has 5 nitrogen and oxygen atoms in total. The number of nitrogens with one attached hydrogen (secondary N) is 2. The smallest absolute Gasteiger partial charge is 0.411 e. The number of anilines is 1. The summed E-state index contributed by atoms with van der Waals surface area (Å²) in [5.41, 5.74) is 1.79. The molecule has 0 aliphatic rings. The van der Waals surface area contributed by atoms with Crippen molar-refractivity contribution in [2.75, 3.05) is 11.9 Å². The fraction of sp³-hybridized carbons (Fsp3) is 0.222. The van der Waals surface area contributed by atoms with Gasteiger partial charge >= 0.3 is 6.09 Å². The Hall–Kier alpha value is -2.24. The molecule has 1 atom stereocenters. The molecule has 0 saturated carbocycles. The Kier molecular flexibility index (Phi) is 6.67. The van der Waals surface area contributed by atoms with E-state index in [0.29, 0.717) is 21.3 Å². The molecule has 0 bridgehead atoms. The molecule has 0 aliphatic heterocycles. The van der Waals surface area contributed by atoms with Crippen molar-refractivity contribution in [1.29, 1.82) is 0 Å². The summed E-state index contributed by atoms with van der Waals surface area (Å²) in [6, 6.07) is 11.4. The Morgan fingerprint density at radius 2 is 1.80 bits per heavy atom. The van der Waals surface area contributed by atoms with Crippen LogP contribution >= 0.6 is 23.2 Å². The van der Waals surface area contributed by atoms with Crippen molar-refractivity contribution in [3.8, 4) is 0 Å². The van der Waals surface area contributed by atoms with Crippen molar-refractivity contribution in [3.05, 3.63) is 63.6 Å². The Morgan fingerprint density at radius 1 is 1.12 bits per heavy atom. The molecule has 0 unspecified atom stereocenters. The number of halogens is 2. The van der Waals surface area contributed by atoms with Crippen LogP contribution in [-0.2, 0) is 4.74 Å². The Balaban J connectivity index is 2.01. The summed E-state index contributed by atoms with van der Waals surface area (Å²) in [5.74, 6) is -0.249. The van der Waals surface area contributed by atoms with Gasteiger partial charge in [0.05, 0.1) is 12.6 Å². The molecule has 0 saturated heterocycles. The van der Waals surface area contributed by atoms with Crippen LogP contribution in [0.25, 0.3) is 0 Å². The van der Waals surface area contributed by atoms with Crippen LogP contribution in [0.2, 0.25) is 10.0 Å². The van der Waals surface area contributed by atoms with E-state index in [1.165, 1.54) is 0 Å². The SMILES string of the molecule is CCOC(=O)Nc1ccc(C(=O)N[C@H](C)c2ccc(Cl)cc2Cl)cc1. The largest absolute Gasteiger partial charge is 0.450 e. The van der Waals surface area contributed by atoms with Gasteiger partial charge in [0.15, 0.2) is 0 Å². The molecule has 0 radical (unpaired) electrons.